The summed E-state index contributed by atoms with van der Waals surface area (Å²) >= 11 is 6.41. The lowest BCUT2D eigenvalue weighted by molar-refractivity contribution is 0.0864. The van der Waals surface area contributed by atoms with Crippen molar-refractivity contribution in [3.05, 3.63) is 18.2 Å². The zero-order chi connectivity index (χ0) is 10.7. The number of rotatable bonds is 4. The molecule has 15 heavy (non-hydrogen) atoms. The zero-order valence-corrected chi connectivity index (χ0v) is 9.70. The molecule has 2 heterocycles. The van der Waals surface area contributed by atoms with Crippen molar-refractivity contribution in [2.75, 3.05) is 6.61 Å². The minimum absolute atomic E-state index is 0.128. The summed E-state index contributed by atoms with van der Waals surface area (Å²) in [5, 5.41) is 0.128. The Bertz CT molecular complexity index is 289. The van der Waals surface area contributed by atoms with Gasteiger partial charge in [-0.25, -0.2) is 4.98 Å². The number of alkyl halides is 1. The second-order valence-electron chi connectivity index (χ2n) is 4.03. The Hall–Kier alpha value is -0.540. The molecular weight excluding hydrogens is 212 g/mol. The van der Waals surface area contributed by atoms with Crippen LogP contribution < -0.4 is 0 Å². The normalized spacial score (nSPS) is 28.1. The topological polar surface area (TPSA) is 37.9 Å². The Morgan fingerprint density at radius 3 is 3.27 bits per heavy atom. The van der Waals surface area contributed by atoms with Crippen LogP contribution >= 0.6 is 11.6 Å². The molecule has 1 aromatic heterocycles. The van der Waals surface area contributed by atoms with Crippen molar-refractivity contribution >= 4 is 11.6 Å². The van der Waals surface area contributed by atoms with Gasteiger partial charge >= 0.3 is 0 Å². The van der Waals surface area contributed by atoms with Crippen LogP contribution in [0.5, 0.6) is 0 Å². The van der Waals surface area contributed by atoms with Crippen molar-refractivity contribution < 1.29 is 4.74 Å². The maximum absolute atomic E-state index is 6.41. The van der Waals surface area contributed by atoms with Crippen molar-refractivity contribution in [3.8, 4) is 0 Å². The average molecular weight is 229 g/mol. The van der Waals surface area contributed by atoms with Crippen LogP contribution in [-0.4, -0.2) is 28.1 Å². The van der Waals surface area contributed by atoms with Gasteiger partial charge < -0.3 is 9.72 Å². The number of hydrogen-bond acceptors (Lipinski definition) is 2. The molecule has 0 bridgehead atoms. The molecule has 4 heteroatoms. The zero-order valence-electron chi connectivity index (χ0n) is 8.95. The van der Waals surface area contributed by atoms with Crippen LogP contribution in [0.4, 0.5) is 0 Å². The fourth-order valence-corrected chi connectivity index (χ4v) is 2.68. The Labute approximate surface area is 95.2 Å². The molecule has 0 aliphatic carbocycles. The average Bonchev–Trinajstić information content (AvgIpc) is 2.86. The fourth-order valence-electron chi connectivity index (χ4n) is 2.25. The minimum atomic E-state index is 0.128. The molecule has 2 rings (SSSR count). The molecule has 0 saturated carbocycles. The van der Waals surface area contributed by atoms with E-state index in [1.54, 1.807) is 6.20 Å². The van der Waals surface area contributed by atoms with Gasteiger partial charge in [0, 0.05) is 36.7 Å². The number of ether oxygens (including phenoxy) is 1. The lowest BCUT2D eigenvalue weighted by atomic mass is 9.93. The molecule has 3 unspecified atom stereocenters. The van der Waals surface area contributed by atoms with Gasteiger partial charge in [-0.1, -0.05) is 6.92 Å². The molecular formula is C11H17ClN2O. The quantitative estimate of drug-likeness (QED) is 0.804. The Morgan fingerprint density at radius 2 is 2.60 bits per heavy atom. The van der Waals surface area contributed by atoms with E-state index in [-0.39, 0.29) is 5.38 Å². The number of H-pyrrole nitrogens is 1. The highest BCUT2D eigenvalue weighted by atomic mass is 35.5. The lowest BCUT2D eigenvalue weighted by Gasteiger charge is -2.21. The van der Waals surface area contributed by atoms with Crippen LogP contribution in [0.15, 0.2) is 12.4 Å². The third-order valence-electron chi connectivity index (χ3n) is 3.07. The van der Waals surface area contributed by atoms with Crippen molar-refractivity contribution in [1.29, 1.82) is 0 Å². The largest absolute Gasteiger partial charge is 0.378 e. The summed E-state index contributed by atoms with van der Waals surface area (Å²) in [6, 6.07) is 0. The molecule has 1 saturated heterocycles. The van der Waals surface area contributed by atoms with Crippen molar-refractivity contribution in [1.82, 2.24) is 9.97 Å². The van der Waals surface area contributed by atoms with Gasteiger partial charge in [0.15, 0.2) is 0 Å². The van der Waals surface area contributed by atoms with Gasteiger partial charge in [0.05, 0.1) is 6.10 Å². The smallest absolute Gasteiger partial charge is 0.107 e. The standard InChI is InChI=1S/C11H17ClN2O/c1-2-10-8(3-6-15-10)9(12)7-11-13-4-5-14-11/h4-5,8-10H,2-3,6-7H2,1H3,(H,13,14). The van der Waals surface area contributed by atoms with E-state index in [9.17, 15) is 0 Å². The van der Waals surface area contributed by atoms with E-state index in [1.165, 1.54) is 0 Å². The van der Waals surface area contributed by atoms with E-state index in [1.807, 2.05) is 6.20 Å². The predicted molar refractivity (Wildman–Crippen MR) is 60.1 cm³/mol. The number of hydrogen-bond donors (Lipinski definition) is 1. The minimum Gasteiger partial charge on any atom is -0.378 e. The lowest BCUT2D eigenvalue weighted by Crippen LogP contribution is -2.26. The third kappa shape index (κ3) is 2.52. The number of aromatic nitrogens is 2. The first-order chi connectivity index (χ1) is 7.31. The van der Waals surface area contributed by atoms with E-state index in [4.69, 9.17) is 16.3 Å². The number of nitrogens with zero attached hydrogens (tertiary/aromatic N) is 1. The summed E-state index contributed by atoms with van der Waals surface area (Å²) in [6.45, 7) is 3.00. The summed E-state index contributed by atoms with van der Waals surface area (Å²) in [6.07, 6.45) is 6.86. The van der Waals surface area contributed by atoms with Crippen molar-refractivity contribution in [2.45, 2.75) is 37.7 Å². The summed E-state index contributed by atoms with van der Waals surface area (Å²) in [5.74, 6) is 1.44. The molecule has 1 fully saturated rings. The van der Waals surface area contributed by atoms with Gasteiger partial charge in [-0.05, 0) is 12.8 Å². The van der Waals surface area contributed by atoms with Crippen LogP contribution in [0.1, 0.15) is 25.6 Å². The number of imidazole rings is 1. The Balaban J connectivity index is 1.92. The van der Waals surface area contributed by atoms with E-state index in [0.29, 0.717) is 12.0 Å². The molecule has 0 amide bonds. The number of halogens is 1. The Kier molecular flexibility index (Phi) is 3.65. The predicted octanol–water partition coefficient (Wildman–Crippen LogP) is 2.37. The summed E-state index contributed by atoms with van der Waals surface area (Å²) in [5.41, 5.74) is 0. The van der Waals surface area contributed by atoms with Crippen LogP contribution in [-0.2, 0) is 11.2 Å². The highest BCUT2D eigenvalue weighted by molar-refractivity contribution is 6.20. The number of aromatic amines is 1. The van der Waals surface area contributed by atoms with E-state index >= 15 is 0 Å². The van der Waals surface area contributed by atoms with E-state index < -0.39 is 0 Å². The maximum Gasteiger partial charge on any atom is 0.107 e. The van der Waals surface area contributed by atoms with Crippen LogP contribution in [0.2, 0.25) is 0 Å². The molecule has 1 aromatic rings. The highest BCUT2D eigenvalue weighted by Gasteiger charge is 2.32. The molecule has 84 valence electrons. The van der Waals surface area contributed by atoms with Gasteiger partial charge in [0.2, 0.25) is 0 Å². The van der Waals surface area contributed by atoms with Gasteiger partial charge in [-0.3, -0.25) is 0 Å². The van der Waals surface area contributed by atoms with Gasteiger partial charge in [0.25, 0.3) is 0 Å². The first kappa shape index (κ1) is 11.0. The second-order valence-corrected chi connectivity index (χ2v) is 4.59. The van der Waals surface area contributed by atoms with Gasteiger partial charge in [-0.2, -0.15) is 0 Å². The summed E-state index contributed by atoms with van der Waals surface area (Å²) < 4.78 is 5.64. The molecule has 1 aliphatic heterocycles. The maximum atomic E-state index is 6.41. The van der Waals surface area contributed by atoms with Crippen molar-refractivity contribution in [3.63, 3.8) is 0 Å². The molecule has 3 nitrogen and oxygen atoms in total. The molecule has 1 aliphatic rings. The van der Waals surface area contributed by atoms with E-state index in [0.717, 1.165) is 31.7 Å². The van der Waals surface area contributed by atoms with Crippen LogP contribution in [0.25, 0.3) is 0 Å². The second kappa shape index (κ2) is 4.99. The first-order valence-electron chi connectivity index (χ1n) is 5.55. The monoisotopic (exact) mass is 228 g/mol. The van der Waals surface area contributed by atoms with Gasteiger partial charge in [-0.15, -0.1) is 11.6 Å². The van der Waals surface area contributed by atoms with Crippen LogP contribution in [0, 0.1) is 5.92 Å². The molecule has 0 aromatic carbocycles. The Morgan fingerprint density at radius 1 is 1.73 bits per heavy atom. The fraction of sp³-hybridized carbons (Fsp3) is 0.727. The third-order valence-corrected chi connectivity index (χ3v) is 3.55. The number of nitrogens with one attached hydrogen (secondary N) is 1. The molecule has 0 radical (unpaired) electrons. The van der Waals surface area contributed by atoms with Crippen molar-refractivity contribution in [2.24, 2.45) is 5.92 Å². The molecule has 3 atom stereocenters. The summed E-state index contributed by atoms with van der Waals surface area (Å²) in [7, 11) is 0. The summed E-state index contributed by atoms with van der Waals surface area (Å²) in [4.78, 5) is 7.29. The highest BCUT2D eigenvalue weighted by Crippen LogP contribution is 2.30. The molecule has 0 spiro atoms. The van der Waals surface area contributed by atoms with Gasteiger partial charge in [0.1, 0.15) is 5.82 Å². The van der Waals surface area contributed by atoms with Crippen LogP contribution in [0.3, 0.4) is 0 Å². The van der Waals surface area contributed by atoms with E-state index in [2.05, 4.69) is 16.9 Å². The SMILES string of the molecule is CCC1OCCC1C(Cl)Cc1ncc[nH]1. The molecule has 1 N–H and O–H groups in total. The first-order valence-corrected chi connectivity index (χ1v) is 5.98.